The molecule has 0 unspecified atom stereocenters. The summed E-state index contributed by atoms with van der Waals surface area (Å²) in [5, 5.41) is 2.95. The minimum absolute atomic E-state index is 0.0939. The van der Waals surface area contributed by atoms with E-state index in [1.807, 2.05) is 55.5 Å². The summed E-state index contributed by atoms with van der Waals surface area (Å²) in [5.74, 6) is 3.04. The summed E-state index contributed by atoms with van der Waals surface area (Å²) >= 11 is 0. The van der Waals surface area contributed by atoms with Crippen molar-refractivity contribution in [2.24, 2.45) is 0 Å². The van der Waals surface area contributed by atoms with E-state index < -0.39 is 0 Å². The van der Waals surface area contributed by atoms with E-state index in [9.17, 15) is 4.79 Å². The largest absolute Gasteiger partial charge is 0.494 e. The summed E-state index contributed by atoms with van der Waals surface area (Å²) in [6, 6.07) is 22.6. The van der Waals surface area contributed by atoms with Crippen molar-refractivity contribution in [3.05, 3.63) is 83.9 Å². The number of hydrogen-bond donors (Lipinski definition) is 1. The summed E-state index contributed by atoms with van der Waals surface area (Å²) in [7, 11) is 0. The molecule has 0 bridgehead atoms. The molecule has 0 saturated heterocycles. The second-order valence-electron chi connectivity index (χ2n) is 6.80. The monoisotopic (exact) mass is 389 g/mol. The summed E-state index contributed by atoms with van der Waals surface area (Å²) in [6.45, 7) is 2.97. The number of para-hydroxylation sites is 1. The summed E-state index contributed by atoms with van der Waals surface area (Å²) in [5.41, 5.74) is 1.68. The molecular weight excluding hydrogens is 366 g/mol. The van der Waals surface area contributed by atoms with Gasteiger partial charge < -0.3 is 19.5 Å². The molecule has 3 aromatic rings. The Balaban J connectivity index is 1.32. The molecule has 1 aliphatic heterocycles. The number of rotatable bonds is 7. The Labute approximate surface area is 170 Å². The van der Waals surface area contributed by atoms with Crippen molar-refractivity contribution in [2.45, 2.75) is 19.4 Å². The summed E-state index contributed by atoms with van der Waals surface area (Å²) in [6.07, 6.45) is 0.633. The van der Waals surface area contributed by atoms with E-state index in [1.165, 1.54) is 0 Å². The zero-order chi connectivity index (χ0) is 20.1. The molecule has 0 aliphatic carbocycles. The molecule has 0 radical (unpaired) electrons. The Morgan fingerprint density at radius 1 is 1.00 bits per heavy atom. The van der Waals surface area contributed by atoms with Crippen LogP contribution in [-0.2, 0) is 6.42 Å². The molecule has 0 saturated carbocycles. The van der Waals surface area contributed by atoms with E-state index in [2.05, 4.69) is 5.32 Å². The van der Waals surface area contributed by atoms with Crippen LogP contribution in [-0.4, -0.2) is 25.2 Å². The number of amides is 1. The predicted molar refractivity (Wildman–Crippen MR) is 111 cm³/mol. The lowest BCUT2D eigenvalue weighted by Crippen LogP contribution is -2.34. The molecule has 148 valence electrons. The fraction of sp³-hybridized carbons (Fsp3) is 0.208. The van der Waals surface area contributed by atoms with Gasteiger partial charge in [0.15, 0.2) is 0 Å². The first-order chi connectivity index (χ1) is 14.2. The Bertz CT molecular complexity index is 970. The summed E-state index contributed by atoms with van der Waals surface area (Å²) < 4.78 is 17.2. The highest BCUT2D eigenvalue weighted by Gasteiger charge is 2.24. The van der Waals surface area contributed by atoms with Gasteiger partial charge in [0.2, 0.25) is 0 Å². The number of benzene rings is 3. The van der Waals surface area contributed by atoms with Crippen LogP contribution in [0.25, 0.3) is 0 Å². The van der Waals surface area contributed by atoms with Crippen molar-refractivity contribution in [3.8, 4) is 23.0 Å². The van der Waals surface area contributed by atoms with E-state index in [0.29, 0.717) is 18.7 Å². The second kappa shape index (κ2) is 8.69. The lowest BCUT2D eigenvalue weighted by molar-refractivity contribution is 0.0933. The van der Waals surface area contributed by atoms with E-state index in [0.717, 1.165) is 35.0 Å². The van der Waals surface area contributed by atoms with Gasteiger partial charge in [-0.3, -0.25) is 4.79 Å². The maximum atomic E-state index is 12.4. The van der Waals surface area contributed by atoms with E-state index in [4.69, 9.17) is 14.2 Å². The fourth-order valence-electron chi connectivity index (χ4n) is 3.28. The van der Waals surface area contributed by atoms with Crippen LogP contribution < -0.4 is 19.5 Å². The second-order valence-corrected chi connectivity index (χ2v) is 6.80. The van der Waals surface area contributed by atoms with Gasteiger partial charge in [-0.15, -0.1) is 0 Å². The molecular formula is C24H23NO4. The molecule has 5 heteroatoms. The average molecular weight is 389 g/mol. The van der Waals surface area contributed by atoms with Gasteiger partial charge in [0, 0.05) is 17.5 Å². The van der Waals surface area contributed by atoms with Crippen LogP contribution in [0.15, 0.2) is 72.8 Å². The smallest absolute Gasteiger partial charge is 0.251 e. The third-order valence-corrected chi connectivity index (χ3v) is 4.67. The van der Waals surface area contributed by atoms with Crippen LogP contribution in [0.2, 0.25) is 0 Å². The maximum absolute atomic E-state index is 12.4. The fourth-order valence-corrected chi connectivity index (χ4v) is 3.28. The minimum atomic E-state index is -0.124. The van der Waals surface area contributed by atoms with Crippen molar-refractivity contribution in [1.29, 1.82) is 0 Å². The van der Waals surface area contributed by atoms with E-state index in [1.54, 1.807) is 24.3 Å². The number of hydrogen-bond acceptors (Lipinski definition) is 4. The van der Waals surface area contributed by atoms with Crippen molar-refractivity contribution in [2.75, 3.05) is 13.2 Å². The lowest BCUT2D eigenvalue weighted by atomic mass is 10.1. The highest BCUT2D eigenvalue weighted by atomic mass is 16.5. The van der Waals surface area contributed by atoms with Gasteiger partial charge in [0.1, 0.15) is 29.1 Å². The third kappa shape index (κ3) is 4.69. The Kier molecular flexibility index (Phi) is 5.66. The Hall–Kier alpha value is -3.47. The molecule has 0 aromatic heterocycles. The van der Waals surface area contributed by atoms with Crippen LogP contribution >= 0.6 is 0 Å². The molecule has 0 fully saturated rings. The predicted octanol–water partition coefficient (Wildman–Crippen LogP) is 4.61. The molecule has 4 rings (SSSR count). The van der Waals surface area contributed by atoms with Crippen molar-refractivity contribution in [1.82, 2.24) is 5.32 Å². The molecule has 1 atom stereocenters. The van der Waals surface area contributed by atoms with Gasteiger partial charge in [-0.25, -0.2) is 0 Å². The molecule has 1 aliphatic rings. The topological polar surface area (TPSA) is 56.8 Å². The number of carbonyl (C=O) groups excluding carboxylic acids is 1. The van der Waals surface area contributed by atoms with Gasteiger partial charge in [0.25, 0.3) is 5.91 Å². The number of nitrogens with one attached hydrogen (secondary N) is 1. The van der Waals surface area contributed by atoms with Crippen molar-refractivity contribution >= 4 is 5.91 Å². The molecule has 0 spiro atoms. The van der Waals surface area contributed by atoms with Crippen LogP contribution in [0.5, 0.6) is 23.0 Å². The number of carbonyl (C=O) groups is 1. The maximum Gasteiger partial charge on any atom is 0.251 e. The van der Waals surface area contributed by atoms with Gasteiger partial charge in [0.05, 0.1) is 13.2 Å². The van der Waals surface area contributed by atoms with Crippen LogP contribution in [0.3, 0.4) is 0 Å². The van der Waals surface area contributed by atoms with Crippen LogP contribution in [0, 0.1) is 0 Å². The summed E-state index contributed by atoms with van der Waals surface area (Å²) in [4.78, 5) is 12.4. The number of ether oxygens (including phenoxy) is 3. The molecule has 29 heavy (non-hydrogen) atoms. The zero-order valence-corrected chi connectivity index (χ0v) is 16.3. The SMILES string of the molecule is CCOc1ccc(C(=O)NC[C@H]2Cc3cc(Oc4ccccc4)ccc3O2)cc1. The molecule has 1 heterocycles. The van der Waals surface area contributed by atoms with Crippen LogP contribution in [0.4, 0.5) is 0 Å². The first-order valence-corrected chi connectivity index (χ1v) is 9.75. The lowest BCUT2D eigenvalue weighted by Gasteiger charge is -2.12. The zero-order valence-electron chi connectivity index (χ0n) is 16.3. The molecule has 5 nitrogen and oxygen atoms in total. The molecule has 1 amide bonds. The normalized spacial score (nSPS) is 14.6. The van der Waals surface area contributed by atoms with Gasteiger partial charge in [-0.2, -0.15) is 0 Å². The first kappa shape index (κ1) is 18.9. The highest BCUT2D eigenvalue weighted by molar-refractivity contribution is 5.94. The highest BCUT2D eigenvalue weighted by Crippen LogP contribution is 2.33. The van der Waals surface area contributed by atoms with Crippen molar-refractivity contribution in [3.63, 3.8) is 0 Å². The quantitative estimate of drug-likeness (QED) is 0.641. The standard InChI is InChI=1S/C24H23NO4/c1-2-27-19-10-8-17(9-11-19)24(26)25-16-22-15-18-14-21(12-13-23(18)29-22)28-20-6-4-3-5-7-20/h3-14,22H,2,15-16H2,1H3,(H,25,26)/t22-/m1/s1. The third-order valence-electron chi connectivity index (χ3n) is 4.67. The van der Waals surface area contributed by atoms with E-state index >= 15 is 0 Å². The minimum Gasteiger partial charge on any atom is -0.494 e. The van der Waals surface area contributed by atoms with Gasteiger partial charge in [-0.1, -0.05) is 18.2 Å². The van der Waals surface area contributed by atoms with E-state index in [-0.39, 0.29) is 12.0 Å². The average Bonchev–Trinajstić information content (AvgIpc) is 3.16. The molecule has 3 aromatic carbocycles. The Morgan fingerprint density at radius 2 is 1.76 bits per heavy atom. The van der Waals surface area contributed by atoms with Crippen molar-refractivity contribution < 1.29 is 19.0 Å². The Morgan fingerprint density at radius 3 is 2.52 bits per heavy atom. The van der Waals surface area contributed by atoms with Crippen LogP contribution in [0.1, 0.15) is 22.8 Å². The molecule has 1 N–H and O–H groups in total. The number of fused-ring (bicyclic) bond motifs is 1. The van der Waals surface area contributed by atoms with Gasteiger partial charge >= 0.3 is 0 Å². The van der Waals surface area contributed by atoms with Gasteiger partial charge in [-0.05, 0) is 61.5 Å². The first-order valence-electron chi connectivity index (χ1n) is 9.75.